The van der Waals surface area contributed by atoms with Crippen LogP contribution in [0, 0.1) is 0 Å². The molecular formula is C19H40N2+2. The van der Waals surface area contributed by atoms with Crippen LogP contribution in [0.4, 0.5) is 0 Å². The molecule has 0 spiro atoms. The summed E-state index contributed by atoms with van der Waals surface area (Å²) in [5.74, 6) is 0. The van der Waals surface area contributed by atoms with Crippen molar-refractivity contribution in [2.45, 2.75) is 82.7 Å². The number of hydrogen-bond acceptors (Lipinski definition) is 0. The van der Waals surface area contributed by atoms with Gasteiger partial charge in [-0.15, -0.1) is 0 Å². The third kappa shape index (κ3) is 4.96. The van der Waals surface area contributed by atoms with E-state index in [-0.39, 0.29) is 0 Å². The summed E-state index contributed by atoms with van der Waals surface area (Å²) in [5, 5.41) is 0. The predicted octanol–water partition coefficient (Wildman–Crippen LogP) is 4.19. The maximum absolute atomic E-state index is 2.48. The van der Waals surface area contributed by atoms with Gasteiger partial charge in [-0.2, -0.15) is 0 Å². The molecule has 124 valence electrons. The van der Waals surface area contributed by atoms with Crippen molar-refractivity contribution in [2.24, 2.45) is 0 Å². The normalized spacial score (nSPS) is 23.4. The van der Waals surface area contributed by atoms with E-state index in [1.54, 1.807) is 0 Å². The first-order chi connectivity index (χ1) is 9.92. The lowest BCUT2D eigenvalue weighted by Gasteiger charge is -2.43. The highest BCUT2D eigenvalue weighted by molar-refractivity contribution is 4.67. The fourth-order valence-corrected chi connectivity index (χ4v) is 4.81. The molecule has 0 bridgehead atoms. The van der Waals surface area contributed by atoms with E-state index < -0.39 is 0 Å². The van der Waals surface area contributed by atoms with E-state index in [2.05, 4.69) is 28.2 Å². The average Bonchev–Trinajstić information content (AvgIpc) is 2.49. The average molecular weight is 297 g/mol. The second-order valence-electron chi connectivity index (χ2n) is 8.94. The molecule has 0 aromatic carbocycles. The molecule has 2 nitrogen and oxygen atoms in total. The second kappa shape index (κ2) is 7.46. The van der Waals surface area contributed by atoms with Crippen LogP contribution in [-0.4, -0.2) is 62.3 Å². The fourth-order valence-electron chi connectivity index (χ4n) is 4.81. The molecule has 0 aromatic heterocycles. The van der Waals surface area contributed by atoms with Crippen LogP contribution < -0.4 is 0 Å². The summed E-state index contributed by atoms with van der Waals surface area (Å²) in [5.41, 5.74) is 0. The minimum atomic E-state index is 0.934. The highest BCUT2D eigenvalue weighted by atomic mass is 15.4. The van der Waals surface area contributed by atoms with Crippen molar-refractivity contribution < 1.29 is 8.97 Å². The molecule has 0 aromatic rings. The SMILES string of the molecule is C[N+](C)(CCC[N+](C)(C)C1CCCCC1)C1CCCCC1. The summed E-state index contributed by atoms with van der Waals surface area (Å²) in [4.78, 5) is 0. The van der Waals surface area contributed by atoms with Crippen molar-refractivity contribution in [2.75, 3.05) is 41.3 Å². The first-order valence-corrected chi connectivity index (χ1v) is 9.57. The van der Waals surface area contributed by atoms with Crippen LogP contribution in [0.1, 0.15) is 70.6 Å². The first-order valence-electron chi connectivity index (χ1n) is 9.57. The van der Waals surface area contributed by atoms with E-state index in [1.165, 1.54) is 92.7 Å². The monoisotopic (exact) mass is 296 g/mol. The summed E-state index contributed by atoms with van der Waals surface area (Å²) in [6.07, 6.45) is 16.1. The quantitative estimate of drug-likeness (QED) is 0.645. The maximum Gasteiger partial charge on any atom is 0.0886 e. The molecule has 0 atom stereocenters. The summed E-state index contributed by atoms with van der Waals surface area (Å²) < 4.78 is 2.54. The van der Waals surface area contributed by atoms with Gasteiger partial charge >= 0.3 is 0 Å². The van der Waals surface area contributed by atoms with Crippen LogP contribution in [0.15, 0.2) is 0 Å². The largest absolute Gasteiger partial charge is 0.326 e. The molecule has 2 fully saturated rings. The highest BCUT2D eigenvalue weighted by Gasteiger charge is 2.32. The zero-order valence-corrected chi connectivity index (χ0v) is 15.2. The minimum absolute atomic E-state index is 0.934. The van der Waals surface area contributed by atoms with Crippen LogP contribution >= 0.6 is 0 Å². The summed E-state index contributed by atoms with van der Waals surface area (Å²) >= 11 is 0. The van der Waals surface area contributed by atoms with Gasteiger partial charge in [0.1, 0.15) is 0 Å². The number of quaternary nitrogens is 2. The van der Waals surface area contributed by atoms with E-state index in [0.717, 1.165) is 12.1 Å². The van der Waals surface area contributed by atoms with Crippen molar-refractivity contribution >= 4 is 0 Å². The molecule has 0 N–H and O–H groups in total. The molecule has 0 heterocycles. The Hall–Kier alpha value is -0.0800. The third-order valence-corrected chi connectivity index (χ3v) is 6.60. The van der Waals surface area contributed by atoms with Gasteiger partial charge in [0.05, 0.1) is 53.4 Å². The highest BCUT2D eigenvalue weighted by Crippen LogP contribution is 2.28. The van der Waals surface area contributed by atoms with Crippen LogP contribution in [0.25, 0.3) is 0 Å². The molecule has 0 aliphatic heterocycles. The Morgan fingerprint density at radius 1 is 0.571 bits per heavy atom. The fraction of sp³-hybridized carbons (Fsp3) is 1.00. The van der Waals surface area contributed by atoms with E-state index in [0.29, 0.717) is 0 Å². The van der Waals surface area contributed by atoms with Gasteiger partial charge in [0.2, 0.25) is 0 Å². The van der Waals surface area contributed by atoms with Crippen molar-refractivity contribution in [1.29, 1.82) is 0 Å². The van der Waals surface area contributed by atoms with Gasteiger partial charge in [0.15, 0.2) is 0 Å². The van der Waals surface area contributed by atoms with Crippen LogP contribution in [-0.2, 0) is 0 Å². The molecule has 0 amide bonds. The third-order valence-electron chi connectivity index (χ3n) is 6.60. The Morgan fingerprint density at radius 2 is 0.905 bits per heavy atom. The maximum atomic E-state index is 2.48. The van der Waals surface area contributed by atoms with Crippen molar-refractivity contribution in [3.8, 4) is 0 Å². The summed E-state index contributed by atoms with van der Waals surface area (Å²) in [6, 6.07) is 1.87. The van der Waals surface area contributed by atoms with Crippen LogP contribution in [0.3, 0.4) is 0 Å². The first kappa shape index (κ1) is 17.3. The molecule has 2 saturated carbocycles. The Bertz CT molecular complexity index is 267. The van der Waals surface area contributed by atoms with E-state index in [9.17, 15) is 0 Å². The van der Waals surface area contributed by atoms with Crippen molar-refractivity contribution in [1.82, 2.24) is 0 Å². The molecule has 2 aliphatic rings. The molecule has 2 aliphatic carbocycles. The Balaban J connectivity index is 1.76. The summed E-state index contributed by atoms with van der Waals surface area (Å²) in [6.45, 7) is 2.75. The van der Waals surface area contributed by atoms with Crippen molar-refractivity contribution in [3.05, 3.63) is 0 Å². The second-order valence-corrected chi connectivity index (χ2v) is 8.94. The van der Waals surface area contributed by atoms with Gasteiger partial charge in [-0.05, 0) is 51.4 Å². The lowest BCUT2D eigenvalue weighted by atomic mass is 9.92. The molecule has 0 radical (unpaired) electrons. The molecule has 0 unspecified atom stereocenters. The van der Waals surface area contributed by atoms with Crippen LogP contribution in [0.2, 0.25) is 0 Å². The lowest BCUT2D eigenvalue weighted by Crippen LogP contribution is -2.54. The van der Waals surface area contributed by atoms with Crippen molar-refractivity contribution in [3.63, 3.8) is 0 Å². The van der Waals surface area contributed by atoms with E-state index in [1.807, 2.05) is 0 Å². The van der Waals surface area contributed by atoms with Gasteiger partial charge in [-0.3, -0.25) is 0 Å². The standard InChI is InChI=1S/C19H40N2/c1-20(2,18-12-7-5-8-13-18)16-11-17-21(3,4)19-14-9-6-10-15-19/h18-19H,5-17H2,1-4H3/q+2. The van der Waals surface area contributed by atoms with Gasteiger partial charge in [-0.1, -0.05) is 12.8 Å². The Labute approximate surface area is 133 Å². The Morgan fingerprint density at radius 3 is 1.24 bits per heavy atom. The Kier molecular flexibility index (Phi) is 6.14. The van der Waals surface area contributed by atoms with Gasteiger partial charge in [0.25, 0.3) is 0 Å². The smallest absolute Gasteiger partial charge is 0.0886 e. The lowest BCUT2D eigenvalue weighted by molar-refractivity contribution is -0.934. The van der Waals surface area contributed by atoms with E-state index >= 15 is 0 Å². The molecule has 0 saturated heterocycles. The summed E-state index contributed by atoms with van der Waals surface area (Å²) in [7, 11) is 9.93. The number of nitrogens with zero attached hydrogens (tertiary/aromatic N) is 2. The van der Waals surface area contributed by atoms with Gasteiger partial charge < -0.3 is 8.97 Å². The van der Waals surface area contributed by atoms with Gasteiger partial charge in [0, 0.05) is 6.42 Å². The van der Waals surface area contributed by atoms with Crippen LogP contribution in [0.5, 0.6) is 0 Å². The molecular weight excluding hydrogens is 256 g/mol. The molecule has 21 heavy (non-hydrogen) atoms. The van der Waals surface area contributed by atoms with Gasteiger partial charge in [-0.25, -0.2) is 0 Å². The van der Waals surface area contributed by atoms with E-state index in [4.69, 9.17) is 0 Å². The predicted molar refractivity (Wildman–Crippen MR) is 92.3 cm³/mol. The zero-order chi connectivity index (χ0) is 15.3. The molecule has 2 heteroatoms. The molecule has 2 rings (SSSR count). The number of hydrogen-bond donors (Lipinski definition) is 0. The minimum Gasteiger partial charge on any atom is -0.326 e. The topological polar surface area (TPSA) is 0 Å². The zero-order valence-electron chi connectivity index (χ0n) is 15.2. The number of rotatable bonds is 6.